The molecule has 7 nitrogen and oxygen atoms in total. The highest BCUT2D eigenvalue weighted by atomic mass is 19.1. The van der Waals surface area contributed by atoms with Gasteiger partial charge < -0.3 is 16.0 Å². The van der Waals surface area contributed by atoms with Crippen molar-refractivity contribution in [2.45, 2.75) is 25.8 Å². The van der Waals surface area contributed by atoms with Gasteiger partial charge >= 0.3 is 0 Å². The second-order valence-corrected chi connectivity index (χ2v) is 6.47. The van der Waals surface area contributed by atoms with Crippen molar-refractivity contribution in [3.8, 4) is 0 Å². The quantitative estimate of drug-likeness (QED) is 0.745. The van der Waals surface area contributed by atoms with Gasteiger partial charge in [0.25, 0.3) is 0 Å². The number of hydrogen-bond donors (Lipinski definition) is 2. The molecule has 2 aromatic heterocycles. The third-order valence-corrected chi connectivity index (χ3v) is 4.60. The van der Waals surface area contributed by atoms with Gasteiger partial charge in [-0.1, -0.05) is 0 Å². The number of pyridine rings is 1. The molecular weight excluding hydrogens is 333 g/mol. The first kappa shape index (κ1) is 16.4. The number of nitrogens with two attached hydrogens (primary N) is 1. The second kappa shape index (κ2) is 6.70. The molecule has 0 radical (unpaired) electrons. The molecule has 4 rings (SSSR count). The molecule has 1 atom stereocenters. The van der Waals surface area contributed by atoms with Gasteiger partial charge in [0.1, 0.15) is 18.0 Å². The van der Waals surface area contributed by atoms with Crippen LogP contribution < -0.4 is 16.0 Å². The number of hydrogen-bond acceptors (Lipinski definition) is 7. The summed E-state index contributed by atoms with van der Waals surface area (Å²) in [5, 5.41) is 4.15. The SMILES string of the molecule is C[C@H](Nc1ncnc(N)n1)c1cc2ccc(F)cc2nc1N1CCCC1. The molecule has 0 amide bonds. The fourth-order valence-electron chi connectivity index (χ4n) is 3.30. The number of benzene rings is 1. The number of nitrogens with zero attached hydrogens (tertiary/aromatic N) is 5. The molecule has 3 heterocycles. The van der Waals surface area contributed by atoms with E-state index in [9.17, 15) is 4.39 Å². The average molecular weight is 353 g/mol. The predicted octanol–water partition coefficient (Wildman–Crippen LogP) is 2.91. The van der Waals surface area contributed by atoms with Gasteiger partial charge in [-0.2, -0.15) is 4.98 Å². The van der Waals surface area contributed by atoms with E-state index in [1.807, 2.05) is 6.92 Å². The summed E-state index contributed by atoms with van der Waals surface area (Å²) in [6.07, 6.45) is 3.64. The monoisotopic (exact) mass is 353 g/mol. The van der Waals surface area contributed by atoms with Crippen molar-refractivity contribution in [2.75, 3.05) is 29.0 Å². The number of halogens is 1. The summed E-state index contributed by atoms with van der Waals surface area (Å²) in [6.45, 7) is 3.92. The van der Waals surface area contributed by atoms with Gasteiger partial charge in [0.05, 0.1) is 11.6 Å². The van der Waals surface area contributed by atoms with Crippen molar-refractivity contribution < 1.29 is 4.39 Å². The van der Waals surface area contributed by atoms with Crippen LogP contribution in [0.1, 0.15) is 31.4 Å². The van der Waals surface area contributed by atoms with Crippen molar-refractivity contribution in [1.82, 2.24) is 19.9 Å². The molecule has 0 saturated carbocycles. The lowest BCUT2D eigenvalue weighted by atomic mass is 10.1. The number of rotatable bonds is 4. The van der Waals surface area contributed by atoms with Crippen LogP contribution in [-0.2, 0) is 0 Å². The summed E-state index contributed by atoms with van der Waals surface area (Å²) in [6, 6.07) is 6.63. The lowest BCUT2D eigenvalue weighted by Crippen LogP contribution is -2.23. The van der Waals surface area contributed by atoms with Crippen LogP contribution in [0.15, 0.2) is 30.6 Å². The highest BCUT2D eigenvalue weighted by Crippen LogP contribution is 2.32. The molecule has 0 aliphatic carbocycles. The number of anilines is 3. The molecule has 3 N–H and O–H groups in total. The molecule has 0 unspecified atom stereocenters. The van der Waals surface area contributed by atoms with Crippen molar-refractivity contribution in [3.63, 3.8) is 0 Å². The first-order valence-corrected chi connectivity index (χ1v) is 8.66. The molecule has 1 aliphatic rings. The van der Waals surface area contributed by atoms with Crippen LogP contribution in [0.25, 0.3) is 10.9 Å². The van der Waals surface area contributed by atoms with Crippen molar-refractivity contribution in [1.29, 1.82) is 0 Å². The van der Waals surface area contributed by atoms with Crippen LogP contribution in [0.3, 0.4) is 0 Å². The smallest absolute Gasteiger partial charge is 0.227 e. The Bertz CT molecular complexity index is 940. The highest BCUT2D eigenvalue weighted by Gasteiger charge is 2.22. The van der Waals surface area contributed by atoms with Crippen molar-refractivity contribution in [2.24, 2.45) is 0 Å². The lowest BCUT2D eigenvalue weighted by Gasteiger charge is -2.24. The van der Waals surface area contributed by atoms with Crippen LogP contribution in [0.2, 0.25) is 0 Å². The van der Waals surface area contributed by atoms with Crippen LogP contribution >= 0.6 is 0 Å². The summed E-state index contributed by atoms with van der Waals surface area (Å²) in [5.74, 6) is 1.18. The molecule has 8 heteroatoms. The molecule has 26 heavy (non-hydrogen) atoms. The van der Waals surface area contributed by atoms with E-state index < -0.39 is 0 Å². The van der Waals surface area contributed by atoms with Gasteiger partial charge in [0.2, 0.25) is 11.9 Å². The summed E-state index contributed by atoms with van der Waals surface area (Å²) in [4.78, 5) is 19.0. The van der Waals surface area contributed by atoms with E-state index in [0.717, 1.165) is 42.7 Å². The maximum atomic E-state index is 13.6. The molecular formula is C18H20FN7. The van der Waals surface area contributed by atoms with Gasteiger partial charge in [-0.05, 0) is 38.0 Å². The first-order chi connectivity index (χ1) is 12.6. The van der Waals surface area contributed by atoms with Gasteiger partial charge in [0.15, 0.2) is 0 Å². The minimum Gasteiger partial charge on any atom is -0.368 e. The molecule has 1 fully saturated rings. The van der Waals surface area contributed by atoms with E-state index in [4.69, 9.17) is 10.7 Å². The molecule has 3 aromatic rings. The largest absolute Gasteiger partial charge is 0.368 e. The average Bonchev–Trinajstić information content (AvgIpc) is 3.15. The van der Waals surface area contributed by atoms with Gasteiger partial charge in [-0.3, -0.25) is 0 Å². The first-order valence-electron chi connectivity index (χ1n) is 8.66. The van der Waals surface area contributed by atoms with Gasteiger partial charge in [-0.25, -0.2) is 19.3 Å². The zero-order valence-electron chi connectivity index (χ0n) is 14.5. The third-order valence-electron chi connectivity index (χ3n) is 4.60. The predicted molar refractivity (Wildman–Crippen MR) is 99.4 cm³/mol. The highest BCUT2D eigenvalue weighted by molar-refractivity contribution is 5.82. The van der Waals surface area contributed by atoms with E-state index in [-0.39, 0.29) is 17.8 Å². The Balaban J connectivity index is 1.75. The van der Waals surface area contributed by atoms with Crippen molar-refractivity contribution >= 4 is 28.6 Å². The minimum atomic E-state index is -0.281. The van der Waals surface area contributed by atoms with E-state index in [0.29, 0.717) is 11.5 Å². The molecule has 0 spiro atoms. The summed E-state index contributed by atoms with van der Waals surface area (Å²) in [5.41, 5.74) is 7.31. The molecule has 134 valence electrons. The fourth-order valence-corrected chi connectivity index (χ4v) is 3.30. The normalized spacial score (nSPS) is 15.4. The number of aromatic nitrogens is 4. The maximum Gasteiger partial charge on any atom is 0.227 e. The van der Waals surface area contributed by atoms with Crippen LogP contribution in [0.4, 0.5) is 22.1 Å². The Labute approximate surface area is 150 Å². The molecule has 1 saturated heterocycles. The fraction of sp³-hybridized carbons (Fsp3) is 0.333. The zero-order valence-corrected chi connectivity index (χ0v) is 14.5. The van der Waals surface area contributed by atoms with E-state index in [2.05, 4.69) is 31.2 Å². The van der Waals surface area contributed by atoms with Crippen LogP contribution in [0, 0.1) is 5.82 Å². The summed E-state index contributed by atoms with van der Waals surface area (Å²) >= 11 is 0. The second-order valence-electron chi connectivity index (χ2n) is 6.47. The molecule has 0 bridgehead atoms. The topological polar surface area (TPSA) is 92.8 Å². The zero-order chi connectivity index (χ0) is 18.1. The summed E-state index contributed by atoms with van der Waals surface area (Å²) < 4.78 is 13.6. The maximum absolute atomic E-state index is 13.6. The Morgan fingerprint density at radius 3 is 2.73 bits per heavy atom. The third kappa shape index (κ3) is 3.22. The Morgan fingerprint density at radius 2 is 1.96 bits per heavy atom. The molecule has 1 aromatic carbocycles. The summed E-state index contributed by atoms with van der Waals surface area (Å²) in [7, 11) is 0. The van der Waals surface area contributed by atoms with Crippen LogP contribution in [0.5, 0.6) is 0 Å². The Kier molecular flexibility index (Phi) is 4.24. The van der Waals surface area contributed by atoms with Gasteiger partial charge in [-0.15, -0.1) is 0 Å². The minimum absolute atomic E-state index is 0.102. The van der Waals surface area contributed by atoms with Crippen molar-refractivity contribution in [3.05, 3.63) is 42.0 Å². The number of nitrogen functional groups attached to an aromatic ring is 1. The number of fused-ring (bicyclic) bond motifs is 1. The standard InChI is InChI=1S/C18H20FN7/c1-11(23-18-22-10-21-17(20)25-18)14-8-12-4-5-13(19)9-15(12)24-16(14)26-6-2-3-7-26/h4-5,8-11H,2-3,6-7H2,1H3,(H3,20,21,22,23,25)/t11-/m0/s1. The molecule has 1 aliphatic heterocycles. The lowest BCUT2D eigenvalue weighted by molar-refractivity contribution is 0.629. The van der Waals surface area contributed by atoms with E-state index in [1.54, 1.807) is 6.07 Å². The van der Waals surface area contributed by atoms with E-state index >= 15 is 0 Å². The van der Waals surface area contributed by atoms with E-state index in [1.165, 1.54) is 18.5 Å². The van der Waals surface area contributed by atoms with Gasteiger partial charge in [0, 0.05) is 30.1 Å². The number of nitrogens with one attached hydrogen (secondary N) is 1. The Morgan fingerprint density at radius 1 is 1.15 bits per heavy atom. The Hall–Kier alpha value is -3.03. The van der Waals surface area contributed by atoms with Crippen LogP contribution in [-0.4, -0.2) is 33.0 Å².